The normalized spacial score (nSPS) is 13.9. The van der Waals surface area contributed by atoms with Crippen LogP contribution in [0.15, 0.2) is 54.6 Å². The molecular weight excluding hydrogens is 370 g/mol. The zero-order chi connectivity index (χ0) is 20.4. The van der Waals surface area contributed by atoms with Gasteiger partial charge in [0.25, 0.3) is 0 Å². The smallest absolute Gasteiger partial charge is 0.123 e. The van der Waals surface area contributed by atoms with Crippen molar-refractivity contribution in [2.75, 3.05) is 31.2 Å². The first-order valence-corrected chi connectivity index (χ1v) is 9.51. The first kappa shape index (κ1) is 19.1. The van der Waals surface area contributed by atoms with Gasteiger partial charge in [-0.25, -0.2) is 8.78 Å². The van der Waals surface area contributed by atoms with Gasteiger partial charge in [0.1, 0.15) is 17.7 Å². The maximum absolute atomic E-state index is 13.5. The van der Waals surface area contributed by atoms with E-state index in [1.165, 1.54) is 24.3 Å². The Morgan fingerprint density at radius 3 is 1.90 bits per heavy atom. The van der Waals surface area contributed by atoms with Crippen LogP contribution >= 0.6 is 0 Å². The van der Waals surface area contributed by atoms with Crippen LogP contribution in [0.2, 0.25) is 0 Å². The fourth-order valence-corrected chi connectivity index (χ4v) is 3.85. The molecule has 1 aliphatic heterocycles. The van der Waals surface area contributed by atoms with Crippen LogP contribution in [0.5, 0.6) is 0 Å². The van der Waals surface area contributed by atoms with E-state index in [9.17, 15) is 14.0 Å². The monoisotopic (exact) mass is 390 g/mol. The minimum Gasteiger partial charge on any atom is -0.378 e. The number of halogens is 2. The number of hydrogen-bond acceptors (Lipinski definition) is 3. The molecule has 3 nitrogen and oxygen atoms in total. The minimum atomic E-state index is -0.327. The van der Waals surface area contributed by atoms with E-state index < -0.39 is 0 Å². The molecule has 0 unspecified atom stereocenters. The van der Waals surface area contributed by atoms with Crippen molar-refractivity contribution >= 4 is 5.69 Å². The predicted molar refractivity (Wildman–Crippen MR) is 110 cm³/mol. The lowest BCUT2D eigenvalue weighted by atomic mass is 9.89. The number of benzene rings is 3. The summed E-state index contributed by atoms with van der Waals surface area (Å²) in [5.74, 6) is -0.626. The summed E-state index contributed by atoms with van der Waals surface area (Å²) in [7, 11) is 0. The first-order chi connectivity index (χ1) is 14.1. The maximum atomic E-state index is 13.5. The molecule has 3 aromatic carbocycles. The summed E-state index contributed by atoms with van der Waals surface area (Å²) in [6.07, 6.45) is 0. The van der Waals surface area contributed by atoms with E-state index in [0.717, 1.165) is 33.5 Å². The highest BCUT2D eigenvalue weighted by molar-refractivity contribution is 5.88. The first-order valence-electron chi connectivity index (χ1n) is 9.51. The van der Waals surface area contributed by atoms with Crippen LogP contribution in [-0.4, -0.2) is 26.3 Å². The van der Waals surface area contributed by atoms with Gasteiger partial charge in [-0.2, -0.15) is 5.26 Å². The van der Waals surface area contributed by atoms with Crippen molar-refractivity contribution in [2.24, 2.45) is 0 Å². The number of rotatable bonds is 3. The molecular formula is C24H20F2N2O. The van der Waals surface area contributed by atoms with Crippen LogP contribution in [-0.2, 0) is 4.74 Å². The van der Waals surface area contributed by atoms with Gasteiger partial charge in [-0.15, -0.1) is 0 Å². The van der Waals surface area contributed by atoms with Gasteiger partial charge in [-0.3, -0.25) is 0 Å². The van der Waals surface area contributed by atoms with Crippen molar-refractivity contribution in [3.63, 3.8) is 0 Å². The molecule has 0 bridgehead atoms. The van der Waals surface area contributed by atoms with Crippen LogP contribution in [0, 0.1) is 29.9 Å². The second-order valence-corrected chi connectivity index (χ2v) is 7.05. The number of ether oxygens (including phenoxy) is 1. The van der Waals surface area contributed by atoms with Crippen LogP contribution in [0.25, 0.3) is 22.3 Å². The Bertz CT molecular complexity index is 1060. The summed E-state index contributed by atoms with van der Waals surface area (Å²) in [6, 6.07) is 16.8. The third kappa shape index (κ3) is 3.72. The number of nitrogens with zero attached hydrogens (tertiary/aromatic N) is 2. The van der Waals surface area contributed by atoms with E-state index in [1.807, 2.05) is 13.0 Å². The third-order valence-electron chi connectivity index (χ3n) is 5.30. The Labute approximate surface area is 168 Å². The van der Waals surface area contributed by atoms with Crippen LogP contribution in [0.1, 0.15) is 11.1 Å². The Morgan fingerprint density at radius 2 is 1.38 bits per heavy atom. The van der Waals surface area contributed by atoms with Gasteiger partial charge in [0.15, 0.2) is 0 Å². The molecule has 0 spiro atoms. The molecule has 1 aliphatic rings. The molecule has 1 heterocycles. The largest absolute Gasteiger partial charge is 0.378 e. The SMILES string of the molecule is Cc1c(-c2ccc(F)cc2)cc(-c2ccc(F)cc2)c(C#N)c1N1CCOCC1. The number of morpholine rings is 1. The summed E-state index contributed by atoms with van der Waals surface area (Å²) < 4.78 is 32.4. The quantitative estimate of drug-likeness (QED) is 0.608. The Morgan fingerprint density at radius 1 is 0.862 bits per heavy atom. The van der Waals surface area contributed by atoms with E-state index in [0.29, 0.717) is 31.9 Å². The molecule has 29 heavy (non-hydrogen) atoms. The van der Waals surface area contributed by atoms with E-state index in [1.54, 1.807) is 24.3 Å². The van der Waals surface area contributed by atoms with Crippen LogP contribution < -0.4 is 4.90 Å². The van der Waals surface area contributed by atoms with Gasteiger partial charge in [0, 0.05) is 18.7 Å². The van der Waals surface area contributed by atoms with E-state index in [4.69, 9.17) is 4.74 Å². The Balaban J connectivity index is 1.98. The summed E-state index contributed by atoms with van der Waals surface area (Å²) in [6.45, 7) is 4.54. The molecule has 0 amide bonds. The van der Waals surface area contributed by atoms with Crippen LogP contribution in [0.3, 0.4) is 0 Å². The molecule has 1 saturated heterocycles. The topological polar surface area (TPSA) is 36.3 Å². The lowest BCUT2D eigenvalue weighted by molar-refractivity contribution is 0.122. The molecule has 5 heteroatoms. The van der Waals surface area contributed by atoms with Crippen molar-refractivity contribution in [1.82, 2.24) is 0 Å². The van der Waals surface area contributed by atoms with Crippen LogP contribution in [0.4, 0.5) is 14.5 Å². The Kier molecular flexibility index (Phi) is 5.28. The molecule has 0 saturated carbocycles. The third-order valence-corrected chi connectivity index (χ3v) is 5.30. The van der Waals surface area contributed by atoms with Crippen molar-refractivity contribution in [2.45, 2.75) is 6.92 Å². The lowest BCUT2D eigenvalue weighted by Gasteiger charge is -2.32. The highest BCUT2D eigenvalue weighted by Crippen LogP contribution is 2.40. The highest BCUT2D eigenvalue weighted by Gasteiger charge is 2.23. The average Bonchev–Trinajstić information content (AvgIpc) is 2.75. The number of nitriles is 1. The van der Waals surface area contributed by atoms with Gasteiger partial charge < -0.3 is 9.64 Å². The average molecular weight is 390 g/mol. The molecule has 1 fully saturated rings. The molecule has 0 N–H and O–H groups in total. The fourth-order valence-electron chi connectivity index (χ4n) is 3.85. The Hall–Kier alpha value is -3.23. The van der Waals surface area contributed by atoms with Crippen molar-refractivity contribution in [1.29, 1.82) is 5.26 Å². The molecule has 0 radical (unpaired) electrons. The van der Waals surface area contributed by atoms with Crippen molar-refractivity contribution in [3.05, 3.63) is 77.4 Å². The molecule has 3 aromatic rings. The summed E-state index contributed by atoms with van der Waals surface area (Å²) in [5, 5.41) is 10.0. The van der Waals surface area contributed by atoms with Crippen molar-refractivity contribution in [3.8, 4) is 28.3 Å². The molecule has 0 aromatic heterocycles. The van der Waals surface area contributed by atoms with E-state index in [2.05, 4.69) is 11.0 Å². The maximum Gasteiger partial charge on any atom is 0.123 e. The second kappa shape index (κ2) is 8.02. The number of hydrogen-bond donors (Lipinski definition) is 0. The van der Waals surface area contributed by atoms with Crippen molar-refractivity contribution < 1.29 is 13.5 Å². The van der Waals surface area contributed by atoms with Gasteiger partial charge in [-0.05, 0) is 59.5 Å². The zero-order valence-electron chi connectivity index (χ0n) is 16.1. The summed E-state index contributed by atoms with van der Waals surface area (Å²) in [5.41, 5.74) is 5.66. The standard InChI is InChI=1S/C24H20F2N2O/c1-16-21(17-2-6-19(25)7-3-17)14-22(18-4-8-20(26)9-5-18)23(15-27)24(16)28-10-12-29-13-11-28/h2-9,14H,10-13H2,1H3. The number of anilines is 1. The van der Waals surface area contributed by atoms with Gasteiger partial charge >= 0.3 is 0 Å². The molecule has 146 valence electrons. The van der Waals surface area contributed by atoms with Gasteiger partial charge in [0.05, 0.1) is 24.5 Å². The van der Waals surface area contributed by atoms with Gasteiger partial charge in [0.2, 0.25) is 0 Å². The van der Waals surface area contributed by atoms with Gasteiger partial charge in [-0.1, -0.05) is 24.3 Å². The summed E-state index contributed by atoms with van der Waals surface area (Å²) >= 11 is 0. The highest BCUT2D eigenvalue weighted by atomic mass is 19.1. The zero-order valence-corrected chi connectivity index (χ0v) is 16.1. The molecule has 4 rings (SSSR count). The fraction of sp³-hybridized carbons (Fsp3) is 0.208. The summed E-state index contributed by atoms with van der Waals surface area (Å²) in [4.78, 5) is 2.16. The van der Waals surface area contributed by atoms with E-state index in [-0.39, 0.29) is 11.6 Å². The van der Waals surface area contributed by atoms with E-state index >= 15 is 0 Å². The second-order valence-electron chi connectivity index (χ2n) is 7.05. The predicted octanol–water partition coefficient (Wildman–Crippen LogP) is 5.32. The molecule has 0 atom stereocenters. The lowest BCUT2D eigenvalue weighted by Crippen LogP contribution is -2.37. The minimum absolute atomic E-state index is 0.299. The molecule has 0 aliphatic carbocycles.